The third kappa shape index (κ3) is 2.45. The molecule has 1 amide bonds. The highest BCUT2D eigenvalue weighted by Crippen LogP contribution is 2.27. The molecule has 100 valence electrons. The summed E-state index contributed by atoms with van der Waals surface area (Å²) in [4.78, 5) is 23.5. The lowest BCUT2D eigenvalue weighted by Gasteiger charge is -2.02. The summed E-state index contributed by atoms with van der Waals surface area (Å²) in [7, 11) is 0. The quantitative estimate of drug-likeness (QED) is 0.867. The van der Waals surface area contributed by atoms with Crippen LogP contribution >= 0.6 is 0 Å². The van der Waals surface area contributed by atoms with E-state index in [1.54, 1.807) is 37.3 Å². The van der Waals surface area contributed by atoms with Gasteiger partial charge in [-0.05, 0) is 26.0 Å². The Morgan fingerprint density at radius 3 is 2.45 bits per heavy atom. The molecule has 1 aromatic carbocycles. The number of aryl methyl sites for hydroxylation is 1. The Morgan fingerprint density at radius 2 is 1.90 bits per heavy atom. The Balaban J connectivity index is 2.36. The van der Waals surface area contributed by atoms with E-state index < -0.39 is 5.91 Å². The first kappa shape index (κ1) is 13.6. The van der Waals surface area contributed by atoms with Gasteiger partial charge in [-0.2, -0.15) is 5.26 Å². The van der Waals surface area contributed by atoms with Crippen molar-refractivity contribution in [2.75, 3.05) is 5.32 Å². The molecule has 5 nitrogen and oxygen atoms in total. The number of amides is 1. The number of hydrogen-bond donors (Lipinski definition) is 1. The lowest BCUT2D eigenvalue weighted by Crippen LogP contribution is -2.12. The molecule has 0 spiro atoms. The average molecular weight is 268 g/mol. The lowest BCUT2D eigenvalue weighted by atomic mass is 10.1. The van der Waals surface area contributed by atoms with Crippen molar-refractivity contribution in [1.82, 2.24) is 0 Å². The van der Waals surface area contributed by atoms with Crippen LogP contribution in [0.3, 0.4) is 0 Å². The van der Waals surface area contributed by atoms with Crippen molar-refractivity contribution in [3.05, 3.63) is 52.8 Å². The fourth-order valence-corrected chi connectivity index (χ4v) is 1.93. The second-order valence-corrected chi connectivity index (χ2v) is 4.23. The fraction of sp³-hybridized carbons (Fsp3) is 0.133. The van der Waals surface area contributed by atoms with Crippen molar-refractivity contribution < 1.29 is 14.0 Å². The van der Waals surface area contributed by atoms with E-state index in [0.29, 0.717) is 11.3 Å². The average Bonchev–Trinajstić information content (AvgIpc) is 2.75. The predicted octanol–water partition coefficient (Wildman–Crippen LogP) is 2.91. The largest absolute Gasteiger partial charge is 0.443 e. The van der Waals surface area contributed by atoms with Crippen LogP contribution in [-0.2, 0) is 0 Å². The zero-order valence-electron chi connectivity index (χ0n) is 11.1. The molecule has 0 saturated carbocycles. The Hall–Kier alpha value is -2.87. The third-order valence-corrected chi connectivity index (χ3v) is 2.81. The molecule has 0 fully saturated rings. The lowest BCUT2D eigenvalue weighted by molar-refractivity contribution is 0.101. The van der Waals surface area contributed by atoms with Crippen LogP contribution in [0.5, 0.6) is 0 Å². The molecule has 2 aromatic rings. The predicted molar refractivity (Wildman–Crippen MR) is 72.6 cm³/mol. The van der Waals surface area contributed by atoms with Gasteiger partial charge < -0.3 is 4.42 Å². The van der Waals surface area contributed by atoms with Gasteiger partial charge in [0, 0.05) is 5.56 Å². The molecule has 1 N–H and O–H groups in total. The molecule has 0 saturated heterocycles. The number of Topliss-reactive ketones (excluding diaryl/α,β-unsaturated/α-hetero) is 1. The second-order valence-electron chi connectivity index (χ2n) is 4.23. The number of anilines is 1. The fourth-order valence-electron chi connectivity index (χ4n) is 1.93. The maximum atomic E-state index is 12.0. The van der Waals surface area contributed by atoms with Gasteiger partial charge in [-0.3, -0.25) is 14.9 Å². The Kier molecular flexibility index (Phi) is 3.67. The van der Waals surface area contributed by atoms with E-state index >= 15 is 0 Å². The highest BCUT2D eigenvalue weighted by molar-refractivity contribution is 6.06. The van der Waals surface area contributed by atoms with Crippen molar-refractivity contribution in [2.24, 2.45) is 0 Å². The number of rotatable bonds is 3. The van der Waals surface area contributed by atoms with Crippen molar-refractivity contribution >= 4 is 17.6 Å². The van der Waals surface area contributed by atoms with Crippen molar-refractivity contribution in [1.29, 1.82) is 5.26 Å². The molecule has 0 bridgehead atoms. The van der Waals surface area contributed by atoms with E-state index in [0.717, 1.165) is 0 Å². The summed E-state index contributed by atoms with van der Waals surface area (Å²) >= 11 is 0. The van der Waals surface area contributed by atoms with Gasteiger partial charge in [0.25, 0.3) is 5.91 Å². The van der Waals surface area contributed by atoms with Crippen molar-refractivity contribution in [3.8, 4) is 6.07 Å². The van der Waals surface area contributed by atoms with Gasteiger partial charge in [0.05, 0.1) is 5.56 Å². The number of furan rings is 1. The molecule has 0 aliphatic heterocycles. The Labute approximate surface area is 115 Å². The molecule has 0 atom stereocenters. The van der Waals surface area contributed by atoms with Crippen LogP contribution in [0.1, 0.15) is 39.0 Å². The molecule has 2 rings (SSSR count). The smallest absolute Gasteiger partial charge is 0.258 e. The first-order valence-corrected chi connectivity index (χ1v) is 5.95. The SMILES string of the molecule is CC(=O)c1c(C)oc(NC(=O)c2ccccc2)c1C#N. The highest BCUT2D eigenvalue weighted by Gasteiger charge is 2.22. The van der Waals surface area contributed by atoms with Crippen LogP contribution < -0.4 is 5.32 Å². The second kappa shape index (κ2) is 5.41. The minimum Gasteiger partial charge on any atom is -0.443 e. The molecule has 0 aliphatic carbocycles. The summed E-state index contributed by atoms with van der Waals surface area (Å²) in [5.74, 6) is -0.351. The van der Waals surface area contributed by atoms with Crippen LogP contribution in [0, 0.1) is 18.3 Å². The zero-order valence-corrected chi connectivity index (χ0v) is 11.1. The van der Waals surface area contributed by atoms with E-state index in [2.05, 4.69) is 5.32 Å². The van der Waals surface area contributed by atoms with E-state index in [-0.39, 0.29) is 22.8 Å². The molecule has 5 heteroatoms. The van der Waals surface area contributed by atoms with Crippen LogP contribution in [-0.4, -0.2) is 11.7 Å². The Bertz CT molecular complexity index is 709. The monoisotopic (exact) mass is 268 g/mol. The number of nitrogens with one attached hydrogen (secondary N) is 1. The maximum absolute atomic E-state index is 12.0. The first-order chi connectivity index (χ1) is 9.54. The number of nitriles is 1. The summed E-state index contributed by atoms with van der Waals surface area (Å²) in [6.45, 7) is 2.93. The minimum absolute atomic E-state index is 0.00375. The van der Waals surface area contributed by atoms with Crippen LogP contribution in [0.2, 0.25) is 0 Å². The number of hydrogen-bond acceptors (Lipinski definition) is 4. The number of carbonyl (C=O) groups is 2. The van der Waals surface area contributed by atoms with E-state index in [9.17, 15) is 9.59 Å². The molecule has 1 aromatic heterocycles. The third-order valence-electron chi connectivity index (χ3n) is 2.81. The van der Waals surface area contributed by atoms with Crippen molar-refractivity contribution in [3.63, 3.8) is 0 Å². The van der Waals surface area contributed by atoms with Gasteiger partial charge >= 0.3 is 0 Å². The molecule has 20 heavy (non-hydrogen) atoms. The molecule has 0 radical (unpaired) electrons. The molecule has 1 heterocycles. The summed E-state index contributed by atoms with van der Waals surface area (Å²) in [5, 5.41) is 11.6. The van der Waals surface area contributed by atoms with Gasteiger partial charge in [0.1, 0.15) is 17.4 Å². The molecular weight excluding hydrogens is 256 g/mol. The van der Waals surface area contributed by atoms with E-state index in [1.165, 1.54) is 6.92 Å². The van der Waals surface area contributed by atoms with Gasteiger partial charge in [0.15, 0.2) is 5.78 Å². The summed E-state index contributed by atoms with van der Waals surface area (Å²) in [6.07, 6.45) is 0. The van der Waals surface area contributed by atoms with Gasteiger partial charge in [-0.15, -0.1) is 0 Å². The topological polar surface area (TPSA) is 83.1 Å². The van der Waals surface area contributed by atoms with Gasteiger partial charge in [-0.25, -0.2) is 0 Å². The zero-order chi connectivity index (χ0) is 14.7. The van der Waals surface area contributed by atoms with E-state index in [4.69, 9.17) is 9.68 Å². The van der Waals surface area contributed by atoms with Crippen LogP contribution in [0.4, 0.5) is 5.88 Å². The molecule has 0 unspecified atom stereocenters. The Morgan fingerprint density at radius 1 is 1.25 bits per heavy atom. The minimum atomic E-state index is -0.397. The van der Waals surface area contributed by atoms with Crippen molar-refractivity contribution in [2.45, 2.75) is 13.8 Å². The number of benzene rings is 1. The van der Waals surface area contributed by atoms with Crippen LogP contribution in [0.25, 0.3) is 0 Å². The van der Waals surface area contributed by atoms with Crippen LogP contribution in [0.15, 0.2) is 34.7 Å². The van der Waals surface area contributed by atoms with Gasteiger partial charge in [0.2, 0.25) is 5.88 Å². The summed E-state index contributed by atoms with van der Waals surface area (Å²) < 4.78 is 5.31. The first-order valence-electron chi connectivity index (χ1n) is 5.95. The summed E-state index contributed by atoms with van der Waals surface area (Å²) in [5.41, 5.74) is 0.699. The maximum Gasteiger partial charge on any atom is 0.258 e. The standard InChI is InChI=1S/C15H12N2O3/c1-9(18)13-10(2)20-15(12(13)8-16)17-14(19)11-6-4-3-5-7-11/h3-7H,1-2H3,(H,17,19). The number of ketones is 1. The number of nitrogens with zero attached hydrogens (tertiary/aromatic N) is 1. The van der Waals surface area contributed by atoms with Gasteiger partial charge in [-0.1, -0.05) is 18.2 Å². The summed E-state index contributed by atoms with van der Waals surface area (Å²) in [6, 6.07) is 10.4. The molecular formula is C15H12N2O3. The normalized spacial score (nSPS) is 9.85. The van der Waals surface area contributed by atoms with E-state index in [1.807, 2.05) is 6.07 Å². The number of carbonyl (C=O) groups excluding carboxylic acids is 2. The highest BCUT2D eigenvalue weighted by atomic mass is 16.4. The molecule has 0 aliphatic rings.